The first-order chi connectivity index (χ1) is 8.60. The maximum absolute atomic E-state index is 12.4. The summed E-state index contributed by atoms with van der Waals surface area (Å²) in [7, 11) is 1.42. The van der Waals surface area contributed by atoms with Crippen LogP contribution < -0.4 is 4.74 Å². The van der Waals surface area contributed by atoms with Gasteiger partial charge in [-0.25, -0.2) is 8.78 Å². The topological polar surface area (TPSA) is 29.5 Å². The first-order valence-electron chi connectivity index (χ1n) is 5.36. The average Bonchev–Trinajstić information content (AvgIpc) is 2.37. The number of carbonyl (C=O) groups is 1. The summed E-state index contributed by atoms with van der Waals surface area (Å²) in [5, 5.41) is 0. The quantitative estimate of drug-likeness (QED) is 0.748. The summed E-state index contributed by atoms with van der Waals surface area (Å²) in [5.41, 5.74) is 0.255. The molecule has 0 spiro atoms. The number of hydrogen-bond acceptors (Lipinski definition) is 2. The van der Waals surface area contributed by atoms with Crippen LogP contribution in [-0.4, -0.2) is 43.3 Å². The number of methoxy groups -OCH3 is 1. The number of halogens is 3. The van der Waals surface area contributed by atoms with Crippen LogP contribution in [0.15, 0.2) is 24.3 Å². The molecule has 0 bridgehead atoms. The lowest BCUT2D eigenvalue weighted by Gasteiger charge is -2.22. The Morgan fingerprint density at radius 1 is 1.44 bits per heavy atom. The van der Waals surface area contributed by atoms with Crippen molar-refractivity contribution in [3.05, 3.63) is 29.8 Å². The third-order valence-corrected chi connectivity index (χ3v) is 2.51. The van der Waals surface area contributed by atoms with Crippen molar-refractivity contribution in [1.82, 2.24) is 4.90 Å². The predicted octanol–water partition coefficient (Wildman–Crippen LogP) is 2.64. The van der Waals surface area contributed by atoms with Crippen molar-refractivity contribution >= 4 is 17.5 Å². The number of hydrogen-bond donors (Lipinski definition) is 0. The summed E-state index contributed by atoms with van der Waals surface area (Å²) in [6, 6.07) is 6.49. The molecule has 1 aromatic carbocycles. The second-order valence-corrected chi connectivity index (χ2v) is 3.91. The Morgan fingerprint density at radius 3 is 2.67 bits per heavy atom. The minimum atomic E-state index is -2.59. The van der Waals surface area contributed by atoms with E-state index >= 15 is 0 Å². The molecule has 0 atom stereocenters. The number of ether oxygens (including phenoxy) is 1. The zero-order valence-electron chi connectivity index (χ0n) is 9.91. The van der Waals surface area contributed by atoms with Crippen molar-refractivity contribution in [1.29, 1.82) is 0 Å². The van der Waals surface area contributed by atoms with E-state index in [2.05, 4.69) is 0 Å². The van der Waals surface area contributed by atoms with Crippen LogP contribution in [0.5, 0.6) is 5.75 Å². The van der Waals surface area contributed by atoms with Crippen LogP contribution in [0.1, 0.15) is 10.4 Å². The molecule has 0 aromatic heterocycles. The molecule has 0 aliphatic heterocycles. The fraction of sp³-hybridized carbons (Fsp3) is 0.417. The van der Waals surface area contributed by atoms with Gasteiger partial charge in [-0.3, -0.25) is 4.79 Å². The van der Waals surface area contributed by atoms with Gasteiger partial charge in [0.1, 0.15) is 5.75 Å². The maximum Gasteiger partial charge on any atom is 0.257 e. The number of alkyl halides is 3. The van der Waals surface area contributed by atoms with Crippen LogP contribution in [0, 0.1) is 0 Å². The number of carbonyl (C=O) groups excluding carboxylic acids is 1. The van der Waals surface area contributed by atoms with Crippen LogP contribution in [0.3, 0.4) is 0 Å². The number of benzene rings is 1. The van der Waals surface area contributed by atoms with E-state index in [1.807, 2.05) is 0 Å². The molecule has 6 heteroatoms. The van der Waals surface area contributed by atoms with Crippen molar-refractivity contribution in [2.45, 2.75) is 6.43 Å². The van der Waals surface area contributed by atoms with Crippen molar-refractivity contribution in [2.75, 3.05) is 26.1 Å². The highest BCUT2D eigenvalue weighted by Crippen LogP contribution is 2.19. The van der Waals surface area contributed by atoms with E-state index in [9.17, 15) is 13.6 Å². The molecule has 100 valence electrons. The Balaban J connectivity index is 2.94. The van der Waals surface area contributed by atoms with Crippen LogP contribution in [-0.2, 0) is 0 Å². The molecule has 1 rings (SSSR count). The molecule has 0 aliphatic carbocycles. The molecule has 3 nitrogen and oxygen atoms in total. The zero-order valence-corrected chi connectivity index (χ0v) is 10.7. The third-order valence-electron chi connectivity index (χ3n) is 2.34. The standard InChI is InChI=1S/C12H14ClF2NO2/c1-18-10-5-3-2-4-9(10)12(17)16(7-6-13)8-11(14)15/h2-5,11H,6-8H2,1H3. The van der Waals surface area contributed by atoms with Crippen LogP contribution in [0.25, 0.3) is 0 Å². The molecule has 1 aromatic rings. The highest BCUT2D eigenvalue weighted by atomic mass is 35.5. The SMILES string of the molecule is COc1ccccc1C(=O)N(CCCl)CC(F)F. The Kier molecular flexibility index (Phi) is 5.85. The Hall–Kier alpha value is -1.36. The van der Waals surface area contributed by atoms with Gasteiger partial charge in [0.2, 0.25) is 0 Å². The molecule has 0 heterocycles. The lowest BCUT2D eigenvalue weighted by molar-refractivity contribution is 0.0568. The van der Waals surface area contributed by atoms with E-state index < -0.39 is 18.9 Å². The highest BCUT2D eigenvalue weighted by Gasteiger charge is 2.21. The van der Waals surface area contributed by atoms with Crippen molar-refractivity contribution in [3.8, 4) is 5.75 Å². The average molecular weight is 278 g/mol. The predicted molar refractivity (Wildman–Crippen MR) is 65.6 cm³/mol. The number of rotatable bonds is 6. The first-order valence-corrected chi connectivity index (χ1v) is 5.90. The van der Waals surface area contributed by atoms with Crippen LogP contribution in [0.2, 0.25) is 0 Å². The Bertz CT molecular complexity index is 401. The Labute approximate surface area is 109 Å². The monoisotopic (exact) mass is 277 g/mol. The lowest BCUT2D eigenvalue weighted by Crippen LogP contribution is -2.36. The lowest BCUT2D eigenvalue weighted by atomic mass is 10.1. The van der Waals surface area contributed by atoms with E-state index in [4.69, 9.17) is 16.3 Å². The van der Waals surface area contributed by atoms with Crippen molar-refractivity contribution in [3.63, 3.8) is 0 Å². The molecule has 0 N–H and O–H groups in total. The summed E-state index contributed by atoms with van der Waals surface area (Å²) in [6.07, 6.45) is -2.59. The van der Waals surface area contributed by atoms with Crippen molar-refractivity contribution < 1.29 is 18.3 Å². The maximum atomic E-state index is 12.4. The molecular formula is C12H14ClF2NO2. The molecule has 0 unspecified atom stereocenters. The van der Waals surface area contributed by atoms with Gasteiger partial charge in [-0.15, -0.1) is 11.6 Å². The normalized spacial score (nSPS) is 10.5. The van der Waals surface area contributed by atoms with Gasteiger partial charge in [-0.1, -0.05) is 12.1 Å². The largest absolute Gasteiger partial charge is 0.496 e. The Morgan fingerprint density at radius 2 is 2.11 bits per heavy atom. The minimum absolute atomic E-state index is 0.0722. The summed E-state index contributed by atoms with van der Waals surface area (Å²) in [6.45, 7) is -0.563. The van der Waals surface area contributed by atoms with Crippen LogP contribution in [0.4, 0.5) is 8.78 Å². The second-order valence-electron chi connectivity index (χ2n) is 3.53. The van der Waals surface area contributed by atoms with Gasteiger partial charge in [-0.05, 0) is 12.1 Å². The summed E-state index contributed by atoms with van der Waals surface area (Å²) in [4.78, 5) is 13.1. The van der Waals surface area contributed by atoms with E-state index in [0.29, 0.717) is 5.75 Å². The molecule has 0 fully saturated rings. The zero-order chi connectivity index (χ0) is 13.5. The van der Waals surface area contributed by atoms with Gasteiger partial charge in [-0.2, -0.15) is 0 Å². The van der Waals surface area contributed by atoms with E-state index in [1.165, 1.54) is 13.2 Å². The van der Waals surface area contributed by atoms with E-state index in [1.54, 1.807) is 18.2 Å². The fourth-order valence-electron chi connectivity index (χ4n) is 1.54. The number of nitrogens with zero attached hydrogens (tertiary/aromatic N) is 1. The third kappa shape index (κ3) is 3.84. The molecule has 0 saturated heterocycles. The van der Waals surface area contributed by atoms with E-state index in [-0.39, 0.29) is 18.0 Å². The molecule has 18 heavy (non-hydrogen) atoms. The molecule has 0 aliphatic rings. The first kappa shape index (κ1) is 14.7. The molecular weight excluding hydrogens is 264 g/mol. The van der Waals surface area contributed by atoms with Gasteiger partial charge >= 0.3 is 0 Å². The van der Waals surface area contributed by atoms with Crippen LogP contribution >= 0.6 is 11.6 Å². The smallest absolute Gasteiger partial charge is 0.257 e. The fourth-order valence-corrected chi connectivity index (χ4v) is 1.74. The minimum Gasteiger partial charge on any atom is -0.496 e. The second kappa shape index (κ2) is 7.16. The van der Waals surface area contributed by atoms with Gasteiger partial charge in [0.05, 0.1) is 19.2 Å². The van der Waals surface area contributed by atoms with Gasteiger partial charge in [0.15, 0.2) is 0 Å². The highest BCUT2D eigenvalue weighted by molar-refractivity contribution is 6.18. The van der Waals surface area contributed by atoms with Gasteiger partial charge in [0, 0.05) is 12.4 Å². The number of para-hydroxylation sites is 1. The molecule has 0 radical (unpaired) electrons. The number of amides is 1. The van der Waals surface area contributed by atoms with Crippen molar-refractivity contribution in [2.24, 2.45) is 0 Å². The summed E-state index contributed by atoms with van der Waals surface area (Å²) < 4.78 is 29.8. The van der Waals surface area contributed by atoms with E-state index in [0.717, 1.165) is 4.90 Å². The summed E-state index contributed by atoms with van der Waals surface area (Å²) in [5.74, 6) is -0.0436. The summed E-state index contributed by atoms with van der Waals surface area (Å²) >= 11 is 5.51. The molecule has 1 amide bonds. The molecule has 0 saturated carbocycles. The van der Waals surface area contributed by atoms with Gasteiger partial charge < -0.3 is 9.64 Å². The van der Waals surface area contributed by atoms with Gasteiger partial charge in [0.25, 0.3) is 12.3 Å².